The highest BCUT2D eigenvalue weighted by atomic mass is 79.9. The third kappa shape index (κ3) is 4.45. The van der Waals surface area contributed by atoms with Crippen LogP contribution in [-0.4, -0.2) is 31.3 Å². The predicted octanol–water partition coefficient (Wildman–Crippen LogP) is 3.12. The van der Waals surface area contributed by atoms with Crippen LogP contribution in [0.3, 0.4) is 0 Å². The molecule has 1 atom stereocenters. The summed E-state index contributed by atoms with van der Waals surface area (Å²) in [6.45, 7) is 3.09. The zero-order valence-corrected chi connectivity index (χ0v) is 12.4. The van der Waals surface area contributed by atoms with Gasteiger partial charge in [-0.3, -0.25) is 0 Å². The van der Waals surface area contributed by atoms with Crippen molar-refractivity contribution in [3.05, 3.63) is 28.2 Å². The van der Waals surface area contributed by atoms with E-state index in [1.165, 1.54) is 4.90 Å². The van der Waals surface area contributed by atoms with E-state index in [4.69, 9.17) is 5.73 Å². The summed E-state index contributed by atoms with van der Waals surface area (Å²) in [5.41, 5.74) is 7.02. The smallest absolute Gasteiger partial charge is 0.0277 e. The number of benzene rings is 1. The van der Waals surface area contributed by atoms with E-state index in [-0.39, 0.29) is 6.04 Å². The number of nitrogens with two attached hydrogens (primary N) is 1. The normalized spacial score (nSPS) is 13.1. The molecule has 0 radical (unpaired) electrons. The molecule has 90 valence electrons. The summed E-state index contributed by atoms with van der Waals surface area (Å²) in [6.07, 6.45) is 0. The van der Waals surface area contributed by atoms with Crippen LogP contribution in [0.5, 0.6) is 0 Å². The Morgan fingerprint density at radius 2 is 2.12 bits per heavy atom. The molecule has 0 saturated heterocycles. The maximum atomic E-state index is 5.86. The molecule has 1 aromatic carbocycles. The highest BCUT2D eigenvalue weighted by Gasteiger charge is 2.05. The van der Waals surface area contributed by atoms with Crippen LogP contribution in [0.2, 0.25) is 0 Å². The van der Waals surface area contributed by atoms with E-state index in [1.54, 1.807) is 0 Å². The molecular weight excluding hydrogens is 284 g/mol. The van der Waals surface area contributed by atoms with Gasteiger partial charge in [0.25, 0.3) is 0 Å². The molecule has 0 aliphatic heterocycles. The molecule has 2 N–H and O–H groups in total. The van der Waals surface area contributed by atoms with Crippen molar-refractivity contribution in [2.75, 3.05) is 26.4 Å². The summed E-state index contributed by atoms with van der Waals surface area (Å²) in [6, 6.07) is 6.48. The van der Waals surface area contributed by atoms with Gasteiger partial charge < -0.3 is 10.6 Å². The largest absolute Gasteiger partial charge is 0.324 e. The van der Waals surface area contributed by atoms with E-state index in [0.717, 1.165) is 22.3 Å². The van der Waals surface area contributed by atoms with Crippen LogP contribution in [0.1, 0.15) is 18.5 Å². The molecule has 0 bridgehead atoms. The first-order valence-electron chi connectivity index (χ1n) is 5.33. The molecule has 0 heterocycles. The van der Waals surface area contributed by atoms with Gasteiger partial charge in [-0.1, -0.05) is 22.0 Å². The minimum absolute atomic E-state index is 0.0789. The SMILES string of the molecule is C[C@@H](N)c1ccc(SCCN(C)C)cc1Br. The second-order valence-corrected chi connectivity index (χ2v) is 6.15. The van der Waals surface area contributed by atoms with Gasteiger partial charge in [0.1, 0.15) is 0 Å². The van der Waals surface area contributed by atoms with Gasteiger partial charge in [0, 0.05) is 27.7 Å². The van der Waals surface area contributed by atoms with Crippen molar-refractivity contribution in [1.82, 2.24) is 4.90 Å². The lowest BCUT2D eigenvalue weighted by Gasteiger charge is -2.11. The van der Waals surface area contributed by atoms with Crippen molar-refractivity contribution in [1.29, 1.82) is 0 Å². The van der Waals surface area contributed by atoms with Crippen molar-refractivity contribution < 1.29 is 0 Å². The Hall–Kier alpha value is -0.0300. The fourth-order valence-electron chi connectivity index (χ4n) is 1.31. The van der Waals surface area contributed by atoms with Crippen LogP contribution >= 0.6 is 27.7 Å². The first kappa shape index (κ1) is 14.0. The van der Waals surface area contributed by atoms with Crippen LogP contribution in [0, 0.1) is 0 Å². The van der Waals surface area contributed by atoms with Gasteiger partial charge in [0.05, 0.1) is 0 Å². The molecule has 0 saturated carbocycles. The Morgan fingerprint density at radius 3 is 2.62 bits per heavy atom. The zero-order valence-electron chi connectivity index (χ0n) is 10.0. The molecular formula is C12H19BrN2S. The van der Waals surface area contributed by atoms with Crippen molar-refractivity contribution in [3.63, 3.8) is 0 Å². The summed E-state index contributed by atoms with van der Waals surface area (Å²) in [7, 11) is 4.19. The molecule has 1 rings (SSSR count). The van der Waals surface area contributed by atoms with Crippen LogP contribution in [-0.2, 0) is 0 Å². The van der Waals surface area contributed by atoms with Gasteiger partial charge in [-0.25, -0.2) is 0 Å². The lowest BCUT2D eigenvalue weighted by Crippen LogP contribution is -2.14. The monoisotopic (exact) mass is 302 g/mol. The second-order valence-electron chi connectivity index (χ2n) is 4.12. The maximum Gasteiger partial charge on any atom is 0.0277 e. The Balaban J connectivity index is 2.59. The van der Waals surface area contributed by atoms with Gasteiger partial charge in [0.2, 0.25) is 0 Å². The number of halogens is 1. The zero-order chi connectivity index (χ0) is 12.1. The molecule has 0 unspecified atom stereocenters. The molecule has 0 fully saturated rings. The number of hydrogen-bond donors (Lipinski definition) is 1. The second kappa shape index (κ2) is 6.64. The van der Waals surface area contributed by atoms with Gasteiger partial charge >= 0.3 is 0 Å². The lowest BCUT2D eigenvalue weighted by molar-refractivity contribution is 0.437. The first-order chi connectivity index (χ1) is 7.50. The molecule has 0 spiro atoms. The molecule has 0 aromatic heterocycles. The van der Waals surface area contributed by atoms with E-state index in [2.05, 4.69) is 53.1 Å². The lowest BCUT2D eigenvalue weighted by atomic mass is 10.1. The highest BCUT2D eigenvalue weighted by molar-refractivity contribution is 9.10. The van der Waals surface area contributed by atoms with E-state index >= 15 is 0 Å². The molecule has 0 aliphatic carbocycles. The van der Waals surface area contributed by atoms with E-state index < -0.39 is 0 Å². The standard InChI is InChI=1S/C12H19BrN2S/c1-9(14)11-5-4-10(8-12(11)13)16-7-6-15(2)3/h4-5,8-9H,6-7,14H2,1-3H3/t9-/m1/s1. The Kier molecular flexibility index (Phi) is 5.83. The van der Waals surface area contributed by atoms with Crippen molar-refractivity contribution in [2.45, 2.75) is 17.9 Å². The number of thioether (sulfide) groups is 1. The fourth-order valence-corrected chi connectivity index (χ4v) is 3.26. The van der Waals surface area contributed by atoms with E-state index in [9.17, 15) is 0 Å². The van der Waals surface area contributed by atoms with Crippen molar-refractivity contribution >= 4 is 27.7 Å². The Bertz CT molecular complexity index is 340. The van der Waals surface area contributed by atoms with Crippen LogP contribution in [0.4, 0.5) is 0 Å². The molecule has 0 aliphatic rings. The molecule has 0 amide bonds. The highest BCUT2D eigenvalue weighted by Crippen LogP contribution is 2.27. The van der Waals surface area contributed by atoms with Crippen LogP contribution in [0.25, 0.3) is 0 Å². The Morgan fingerprint density at radius 1 is 1.44 bits per heavy atom. The third-order valence-electron chi connectivity index (χ3n) is 2.27. The first-order valence-corrected chi connectivity index (χ1v) is 7.11. The third-order valence-corrected chi connectivity index (χ3v) is 3.93. The average molecular weight is 303 g/mol. The van der Waals surface area contributed by atoms with Crippen LogP contribution in [0.15, 0.2) is 27.6 Å². The Labute approximate surface area is 111 Å². The van der Waals surface area contributed by atoms with E-state index in [0.29, 0.717) is 0 Å². The molecule has 2 nitrogen and oxygen atoms in total. The van der Waals surface area contributed by atoms with E-state index in [1.807, 2.05) is 18.7 Å². The van der Waals surface area contributed by atoms with Gasteiger partial charge in [-0.05, 0) is 38.7 Å². The quantitative estimate of drug-likeness (QED) is 0.848. The summed E-state index contributed by atoms with van der Waals surface area (Å²) in [5.74, 6) is 1.11. The average Bonchev–Trinajstić information content (AvgIpc) is 2.16. The summed E-state index contributed by atoms with van der Waals surface area (Å²) < 4.78 is 1.11. The van der Waals surface area contributed by atoms with Gasteiger partial charge in [-0.15, -0.1) is 11.8 Å². The number of hydrogen-bond acceptors (Lipinski definition) is 3. The number of nitrogens with zero attached hydrogens (tertiary/aromatic N) is 1. The summed E-state index contributed by atoms with van der Waals surface area (Å²) in [5, 5.41) is 0. The minimum Gasteiger partial charge on any atom is -0.324 e. The molecule has 1 aromatic rings. The summed E-state index contributed by atoms with van der Waals surface area (Å²) in [4.78, 5) is 3.48. The van der Waals surface area contributed by atoms with Gasteiger partial charge in [-0.2, -0.15) is 0 Å². The summed E-state index contributed by atoms with van der Waals surface area (Å²) >= 11 is 5.44. The topological polar surface area (TPSA) is 29.3 Å². The van der Waals surface area contributed by atoms with Gasteiger partial charge in [0.15, 0.2) is 0 Å². The molecule has 4 heteroatoms. The minimum atomic E-state index is 0.0789. The van der Waals surface area contributed by atoms with Crippen LogP contribution < -0.4 is 5.73 Å². The van der Waals surface area contributed by atoms with Crippen molar-refractivity contribution in [2.24, 2.45) is 5.73 Å². The van der Waals surface area contributed by atoms with Crippen molar-refractivity contribution in [3.8, 4) is 0 Å². The number of rotatable bonds is 5. The molecule has 16 heavy (non-hydrogen) atoms. The maximum absolute atomic E-state index is 5.86. The predicted molar refractivity (Wildman–Crippen MR) is 76.0 cm³/mol. The fraction of sp³-hybridized carbons (Fsp3) is 0.500.